The molecule has 106 valence electrons. The maximum Gasteiger partial charge on any atom is 0.104 e. The molecule has 1 fully saturated rings. The van der Waals surface area contributed by atoms with Crippen molar-refractivity contribution in [3.63, 3.8) is 0 Å². The van der Waals surface area contributed by atoms with Crippen LogP contribution in [0.5, 0.6) is 0 Å². The van der Waals surface area contributed by atoms with Gasteiger partial charge in [0.05, 0.1) is 6.61 Å². The molecule has 1 rings (SSSR count). The van der Waals surface area contributed by atoms with Crippen molar-refractivity contribution in [2.45, 2.75) is 52.6 Å². The third-order valence-electron chi connectivity index (χ3n) is 4.59. The van der Waals surface area contributed by atoms with Gasteiger partial charge in [-0.2, -0.15) is 0 Å². The average molecular weight is 272 g/mol. The molecule has 18 heavy (non-hydrogen) atoms. The molecule has 0 amide bonds. The topological polar surface area (TPSA) is 38.5 Å². The van der Waals surface area contributed by atoms with Gasteiger partial charge in [-0.1, -0.05) is 38.9 Å². The number of piperidine rings is 1. The Hall–Kier alpha value is -0.190. The van der Waals surface area contributed by atoms with Crippen LogP contribution in [0.1, 0.15) is 46.5 Å². The summed E-state index contributed by atoms with van der Waals surface area (Å²) in [5, 5.41) is 0. The van der Waals surface area contributed by atoms with Crippen LogP contribution in [0, 0.1) is 5.41 Å². The van der Waals surface area contributed by atoms with Gasteiger partial charge < -0.3 is 15.4 Å². The van der Waals surface area contributed by atoms with Crippen molar-refractivity contribution >= 4 is 17.2 Å². The molecule has 3 nitrogen and oxygen atoms in total. The van der Waals surface area contributed by atoms with Crippen molar-refractivity contribution in [3.8, 4) is 0 Å². The Bertz CT molecular complexity index is 257. The lowest BCUT2D eigenvalue weighted by atomic mass is 9.74. The zero-order valence-electron chi connectivity index (χ0n) is 12.1. The lowest BCUT2D eigenvalue weighted by molar-refractivity contribution is 0.0499. The summed E-state index contributed by atoms with van der Waals surface area (Å²) in [6.45, 7) is 10.7. The van der Waals surface area contributed by atoms with Gasteiger partial charge in [0.15, 0.2) is 0 Å². The summed E-state index contributed by atoms with van der Waals surface area (Å²) in [6.07, 6.45) is 5.17. The number of rotatable bonds is 7. The Morgan fingerprint density at radius 3 is 2.33 bits per heavy atom. The summed E-state index contributed by atoms with van der Waals surface area (Å²) in [5.41, 5.74) is 6.12. The minimum absolute atomic E-state index is 0.102. The Kier molecular flexibility index (Phi) is 6.53. The first kappa shape index (κ1) is 15.9. The molecule has 0 aromatic heterocycles. The van der Waals surface area contributed by atoms with Crippen molar-refractivity contribution in [2.75, 3.05) is 26.2 Å². The molecule has 1 unspecified atom stereocenters. The molecule has 1 saturated heterocycles. The van der Waals surface area contributed by atoms with E-state index < -0.39 is 0 Å². The monoisotopic (exact) mass is 272 g/mol. The van der Waals surface area contributed by atoms with Crippen molar-refractivity contribution in [1.82, 2.24) is 4.90 Å². The Morgan fingerprint density at radius 2 is 1.89 bits per heavy atom. The highest BCUT2D eigenvalue weighted by atomic mass is 32.1. The third-order valence-corrected chi connectivity index (χ3v) is 4.92. The van der Waals surface area contributed by atoms with Gasteiger partial charge in [0, 0.05) is 6.54 Å². The fourth-order valence-electron chi connectivity index (χ4n) is 2.65. The number of likely N-dealkylation sites (tertiary alicyclic amines) is 1. The minimum atomic E-state index is -0.102. The molecule has 0 aromatic rings. The van der Waals surface area contributed by atoms with Crippen molar-refractivity contribution in [2.24, 2.45) is 11.1 Å². The summed E-state index contributed by atoms with van der Waals surface area (Å²) in [6, 6.07) is 0. The minimum Gasteiger partial charge on any atom is -0.391 e. The van der Waals surface area contributed by atoms with Crippen molar-refractivity contribution in [1.29, 1.82) is 0 Å². The molecule has 4 heteroatoms. The van der Waals surface area contributed by atoms with Crippen LogP contribution in [0.15, 0.2) is 0 Å². The molecule has 0 radical (unpaired) electrons. The molecule has 0 spiro atoms. The zero-order chi connectivity index (χ0) is 13.6. The lowest BCUT2D eigenvalue weighted by Crippen LogP contribution is -2.41. The SMILES string of the molecule is CCC1(CC)CCN(CCOC(C)C(N)=S)CC1. The number of nitrogens with two attached hydrogens (primary N) is 1. The van der Waals surface area contributed by atoms with E-state index >= 15 is 0 Å². The van der Waals surface area contributed by atoms with E-state index in [2.05, 4.69) is 18.7 Å². The number of nitrogens with zero attached hydrogens (tertiary/aromatic N) is 1. The summed E-state index contributed by atoms with van der Waals surface area (Å²) in [4.78, 5) is 2.94. The highest BCUT2D eigenvalue weighted by Gasteiger charge is 2.30. The normalized spacial score (nSPS) is 21.7. The van der Waals surface area contributed by atoms with E-state index in [-0.39, 0.29) is 6.10 Å². The van der Waals surface area contributed by atoms with Gasteiger partial charge >= 0.3 is 0 Å². The third kappa shape index (κ3) is 4.48. The maximum atomic E-state index is 5.60. The predicted octanol–water partition coefficient (Wildman–Crippen LogP) is 2.58. The average Bonchev–Trinajstić information content (AvgIpc) is 2.39. The van der Waals surface area contributed by atoms with Gasteiger partial charge in [0.1, 0.15) is 11.1 Å². The Labute approximate surface area is 117 Å². The summed E-state index contributed by atoms with van der Waals surface area (Å²) >= 11 is 4.89. The van der Waals surface area contributed by atoms with E-state index in [1.165, 1.54) is 38.8 Å². The van der Waals surface area contributed by atoms with Gasteiger partial charge in [-0.3, -0.25) is 0 Å². The van der Waals surface area contributed by atoms with E-state index in [4.69, 9.17) is 22.7 Å². The fourth-order valence-corrected chi connectivity index (χ4v) is 2.72. The second-order valence-corrected chi connectivity index (χ2v) is 5.94. The first-order valence-corrected chi connectivity index (χ1v) is 7.57. The van der Waals surface area contributed by atoms with E-state index in [0.717, 1.165) is 13.2 Å². The van der Waals surface area contributed by atoms with Crippen LogP contribution in [0.3, 0.4) is 0 Å². The van der Waals surface area contributed by atoms with Gasteiger partial charge in [-0.05, 0) is 38.3 Å². The highest BCUT2D eigenvalue weighted by Crippen LogP contribution is 2.37. The fraction of sp³-hybridized carbons (Fsp3) is 0.929. The van der Waals surface area contributed by atoms with Gasteiger partial charge in [0.2, 0.25) is 0 Å². The van der Waals surface area contributed by atoms with E-state index in [0.29, 0.717) is 10.4 Å². The second-order valence-electron chi connectivity index (χ2n) is 5.46. The van der Waals surface area contributed by atoms with Crippen molar-refractivity contribution < 1.29 is 4.74 Å². The Morgan fingerprint density at radius 1 is 1.33 bits per heavy atom. The van der Waals surface area contributed by atoms with Gasteiger partial charge in [-0.15, -0.1) is 0 Å². The summed E-state index contributed by atoms with van der Waals surface area (Å²) in [7, 11) is 0. The maximum absolute atomic E-state index is 5.60. The van der Waals surface area contributed by atoms with Crippen LogP contribution in [0.25, 0.3) is 0 Å². The van der Waals surface area contributed by atoms with E-state index in [1.54, 1.807) is 0 Å². The number of hydrogen-bond acceptors (Lipinski definition) is 3. The molecule has 2 N–H and O–H groups in total. The summed E-state index contributed by atoms with van der Waals surface area (Å²) < 4.78 is 5.60. The number of hydrogen-bond donors (Lipinski definition) is 1. The van der Waals surface area contributed by atoms with Gasteiger partial charge in [0.25, 0.3) is 0 Å². The highest BCUT2D eigenvalue weighted by molar-refractivity contribution is 7.80. The molecule has 0 saturated carbocycles. The summed E-state index contributed by atoms with van der Waals surface area (Å²) in [5.74, 6) is 0. The van der Waals surface area contributed by atoms with E-state index in [1.807, 2.05) is 6.92 Å². The molecular weight excluding hydrogens is 244 g/mol. The predicted molar refractivity (Wildman–Crippen MR) is 80.9 cm³/mol. The molecule has 0 bridgehead atoms. The van der Waals surface area contributed by atoms with Gasteiger partial charge in [-0.25, -0.2) is 0 Å². The van der Waals surface area contributed by atoms with Crippen molar-refractivity contribution in [3.05, 3.63) is 0 Å². The molecule has 0 aromatic carbocycles. The quantitative estimate of drug-likeness (QED) is 0.723. The second kappa shape index (κ2) is 7.41. The van der Waals surface area contributed by atoms with Crippen LogP contribution < -0.4 is 5.73 Å². The van der Waals surface area contributed by atoms with Crippen LogP contribution >= 0.6 is 12.2 Å². The largest absolute Gasteiger partial charge is 0.391 e. The molecular formula is C14H28N2OS. The van der Waals surface area contributed by atoms with Crippen LogP contribution in [0.4, 0.5) is 0 Å². The smallest absolute Gasteiger partial charge is 0.104 e. The first-order chi connectivity index (χ1) is 8.53. The lowest BCUT2D eigenvalue weighted by Gasteiger charge is -2.41. The molecule has 0 aliphatic carbocycles. The molecule has 1 heterocycles. The van der Waals surface area contributed by atoms with E-state index in [9.17, 15) is 0 Å². The standard InChI is InChI=1S/C14H28N2OS/c1-4-14(5-2)6-8-16(9-7-14)10-11-17-12(3)13(15)18/h12H,4-11H2,1-3H3,(H2,15,18). The van der Waals surface area contributed by atoms with Crippen LogP contribution in [-0.4, -0.2) is 42.2 Å². The number of ether oxygens (including phenoxy) is 1. The Balaban J connectivity index is 2.22. The molecule has 1 aliphatic rings. The molecule has 1 aliphatic heterocycles. The van der Waals surface area contributed by atoms with Crippen LogP contribution in [0.2, 0.25) is 0 Å². The zero-order valence-corrected chi connectivity index (χ0v) is 12.9. The van der Waals surface area contributed by atoms with Crippen LogP contribution in [-0.2, 0) is 4.74 Å². The molecule has 1 atom stereocenters. The first-order valence-electron chi connectivity index (χ1n) is 7.16. The number of thiocarbonyl (C=S) groups is 1.